The maximum Gasteiger partial charge on any atom is 0.198 e. The number of nitrogens with zero attached hydrogens (tertiary/aromatic N) is 1. The third-order valence-electron chi connectivity index (χ3n) is 3.93. The van der Waals surface area contributed by atoms with Crippen molar-refractivity contribution in [1.82, 2.24) is 9.97 Å². The van der Waals surface area contributed by atoms with Gasteiger partial charge in [-0.25, -0.2) is 0 Å². The topological polar surface area (TPSA) is 64.2 Å². The van der Waals surface area contributed by atoms with Gasteiger partial charge in [-0.15, -0.1) is 0 Å². The summed E-state index contributed by atoms with van der Waals surface area (Å²) < 4.78 is 0. The van der Waals surface area contributed by atoms with Crippen LogP contribution in [0.1, 0.15) is 11.1 Å². The molecule has 0 amide bonds. The number of fused-ring (bicyclic) bond motifs is 2. The zero-order valence-electron chi connectivity index (χ0n) is 12.1. The maximum atomic E-state index is 10.1. The van der Waals surface area contributed by atoms with E-state index < -0.39 is 0 Å². The number of aromatic nitrogens is 2. The van der Waals surface area contributed by atoms with Crippen molar-refractivity contribution < 1.29 is 5.11 Å². The van der Waals surface area contributed by atoms with Crippen LogP contribution >= 0.6 is 0 Å². The molecule has 3 N–H and O–H groups in total. The molecule has 0 unspecified atom stereocenters. The van der Waals surface area contributed by atoms with Crippen LogP contribution in [0.3, 0.4) is 0 Å². The van der Waals surface area contributed by atoms with Gasteiger partial charge in [0, 0.05) is 28.8 Å². The number of aryl methyl sites for hydroxylation is 1. The smallest absolute Gasteiger partial charge is 0.198 e. The highest BCUT2D eigenvalue weighted by Gasteiger charge is 2.10. The number of aromatic hydroxyl groups is 1. The quantitative estimate of drug-likeness (QED) is 0.470. The Kier molecular flexibility index (Phi) is 2.76. The van der Waals surface area contributed by atoms with E-state index in [0.29, 0.717) is 0 Å². The molecule has 0 saturated heterocycles. The number of aromatic amines is 2. The standard InChI is InChI=1S/C18H15N3O/c1-11-3-2-4-15-17(11)14(18(22)21-15)10-20-13-6-5-12-7-8-19-16(12)9-13/h2-10,19,21-22H,1H3. The summed E-state index contributed by atoms with van der Waals surface area (Å²) in [4.78, 5) is 10.7. The molecule has 2 heterocycles. The van der Waals surface area contributed by atoms with Crippen LogP contribution in [0.2, 0.25) is 0 Å². The Balaban J connectivity index is 1.80. The van der Waals surface area contributed by atoms with E-state index in [1.54, 1.807) is 6.21 Å². The number of nitrogens with one attached hydrogen (secondary N) is 2. The summed E-state index contributed by atoms with van der Waals surface area (Å²) in [6, 6.07) is 13.9. The van der Waals surface area contributed by atoms with Crippen molar-refractivity contribution in [1.29, 1.82) is 0 Å². The summed E-state index contributed by atoms with van der Waals surface area (Å²) >= 11 is 0. The van der Waals surface area contributed by atoms with Crippen molar-refractivity contribution in [2.24, 2.45) is 4.99 Å². The van der Waals surface area contributed by atoms with E-state index in [9.17, 15) is 5.11 Å². The van der Waals surface area contributed by atoms with Gasteiger partial charge in [-0.3, -0.25) is 4.99 Å². The molecular weight excluding hydrogens is 274 g/mol. The summed E-state index contributed by atoms with van der Waals surface area (Å²) in [6.45, 7) is 2.03. The van der Waals surface area contributed by atoms with Gasteiger partial charge in [-0.05, 0) is 42.1 Å². The van der Waals surface area contributed by atoms with Crippen molar-refractivity contribution in [3.8, 4) is 5.88 Å². The second-order valence-electron chi connectivity index (χ2n) is 5.39. The first-order chi connectivity index (χ1) is 10.7. The third-order valence-corrected chi connectivity index (χ3v) is 3.93. The first-order valence-electron chi connectivity index (χ1n) is 7.14. The molecule has 0 aliphatic heterocycles. The number of benzene rings is 2. The summed E-state index contributed by atoms with van der Waals surface area (Å²) in [5, 5.41) is 12.3. The molecule has 0 atom stereocenters. The number of hydrogen-bond acceptors (Lipinski definition) is 2. The molecule has 22 heavy (non-hydrogen) atoms. The van der Waals surface area contributed by atoms with Crippen LogP contribution < -0.4 is 0 Å². The van der Waals surface area contributed by atoms with Gasteiger partial charge < -0.3 is 15.1 Å². The Hall–Kier alpha value is -3.01. The highest BCUT2D eigenvalue weighted by atomic mass is 16.3. The van der Waals surface area contributed by atoms with Crippen molar-refractivity contribution >= 4 is 33.7 Å². The molecule has 0 radical (unpaired) electrons. The van der Waals surface area contributed by atoms with Crippen LogP contribution in [0.5, 0.6) is 5.88 Å². The molecule has 0 aliphatic carbocycles. The Labute approximate surface area is 127 Å². The number of H-pyrrole nitrogens is 2. The lowest BCUT2D eigenvalue weighted by Gasteiger charge is -1.98. The van der Waals surface area contributed by atoms with Crippen LogP contribution in [0.25, 0.3) is 21.8 Å². The van der Waals surface area contributed by atoms with Gasteiger partial charge in [0.25, 0.3) is 0 Å². The van der Waals surface area contributed by atoms with Crippen molar-refractivity contribution in [2.75, 3.05) is 0 Å². The van der Waals surface area contributed by atoms with Gasteiger partial charge in [-0.2, -0.15) is 0 Å². The van der Waals surface area contributed by atoms with Gasteiger partial charge in [0.05, 0.1) is 11.3 Å². The van der Waals surface area contributed by atoms with E-state index in [1.165, 1.54) is 0 Å². The van der Waals surface area contributed by atoms with Gasteiger partial charge in [0.15, 0.2) is 5.88 Å². The van der Waals surface area contributed by atoms with E-state index in [0.717, 1.165) is 38.6 Å². The van der Waals surface area contributed by atoms with Gasteiger partial charge in [-0.1, -0.05) is 18.2 Å². The minimum atomic E-state index is 0.147. The average Bonchev–Trinajstić information content (AvgIpc) is 3.09. The molecule has 0 saturated carbocycles. The molecule has 4 heteroatoms. The predicted molar refractivity (Wildman–Crippen MR) is 90.3 cm³/mol. The van der Waals surface area contributed by atoms with Gasteiger partial charge >= 0.3 is 0 Å². The number of rotatable bonds is 2. The van der Waals surface area contributed by atoms with E-state index >= 15 is 0 Å². The Bertz CT molecular complexity index is 1010. The molecule has 4 nitrogen and oxygen atoms in total. The van der Waals surface area contributed by atoms with E-state index in [4.69, 9.17) is 0 Å². The monoisotopic (exact) mass is 289 g/mol. The molecule has 108 valence electrons. The van der Waals surface area contributed by atoms with Crippen LogP contribution in [0.15, 0.2) is 53.7 Å². The SMILES string of the molecule is Cc1cccc2[nH]c(O)c(C=Nc3ccc4cc[nH]c4c3)c12. The van der Waals surface area contributed by atoms with Crippen LogP contribution in [0, 0.1) is 6.92 Å². The zero-order chi connectivity index (χ0) is 15.1. The summed E-state index contributed by atoms with van der Waals surface area (Å²) in [7, 11) is 0. The van der Waals surface area contributed by atoms with E-state index in [2.05, 4.69) is 15.0 Å². The Morgan fingerprint density at radius 3 is 2.91 bits per heavy atom. The molecule has 0 fully saturated rings. The van der Waals surface area contributed by atoms with Crippen molar-refractivity contribution in [3.63, 3.8) is 0 Å². The summed E-state index contributed by atoms with van der Waals surface area (Å²) in [5.74, 6) is 0.147. The fourth-order valence-corrected chi connectivity index (χ4v) is 2.82. The third kappa shape index (κ3) is 1.97. The van der Waals surface area contributed by atoms with Crippen molar-refractivity contribution in [2.45, 2.75) is 6.92 Å². The van der Waals surface area contributed by atoms with Crippen LogP contribution in [-0.2, 0) is 0 Å². The van der Waals surface area contributed by atoms with Gasteiger partial charge in [0.1, 0.15) is 0 Å². The Morgan fingerprint density at radius 1 is 1.09 bits per heavy atom. The highest BCUT2D eigenvalue weighted by molar-refractivity contribution is 6.04. The second kappa shape index (κ2) is 4.77. The summed E-state index contributed by atoms with van der Waals surface area (Å²) in [5.41, 5.74) is 4.64. The molecule has 0 spiro atoms. The summed E-state index contributed by atoms with van der Waals surface area (Å²) in [6.07, 6.45) is 3.62. The molecule has 4 aromatic rings. The molecule has 2 aromatic heterocycles. The van der Waals surface area contributed by atoms with Gasteiger partial charge in [0.2, 0.25) is 0 Å². The highest BCUT2D eigenvalue weighted by Crippen LogP contribution is 2.29. The Morgan fingerprint density at radius 2 is 2.00 bits per heavy atom. The minimum absolute atomic E-state index is 0.147. The first kappa shape index (κ1) is 12.7. The lowest BCUT2D eigenvalue weighted by Crippen LogP contribution is -1.82. The van der Waals surface area contributed by atoms with Crippen molar-refractivity contribution in [3.05, 3.63) is 59.8 Å². The van der Waals surface area contributed by atoms with E-state index in [-0.39, 0.29) is 5.88 Å². The second-order valence-corrected chi connectivity index (χ2v) is 5.39. The van der Waals surface area contributed by atoms with E-state index in [1.807, 2.05) is 55.6 Å². The lowest BCUT2D eigenvalue weighted by atomic mass is 10.1. The number of hydrogen-bond donors (Lipinski definition) is 3. The molecule has 4 rings (SSSR count). The maximum absolute atomic E-state index is 10.1. The first-order valence-corrected chi connectivity index (χ1v) is 7.14. The normalized spacial score (nSPS) is 11.9. The number of aliphatic imine (C=N–C) groups is 1. The fourth-order valence-electron chi connectivity index (χ4n) is 2.82. The largest absolute Gasteiger partial charge is 0.494 e. The molecule has 0 bridgehead atoms. The predicted octanol–water partition coefficient (Wildman–Crippen LogP) is 4.41. The average molecular weight is 289 g/mol. The van der Waals surface area contributed by atoms with Crippen LogP contribution in [0.4, 0.5) is 5.69 Å². The minimum Gasteiger partial charge on any atom is -0.494 e. The molecule has 0 aliphatic rings. The molecular formula is C18H15N3O. The lowest BCUT2D eigenvalue weighted by molar-refractivity contribution is 0.457. The fraction of sp³-hybridized carbons (Fsp3) is 0.0556. The zero-order valence-corrected chi connectivity index (χ0v) is 12.1. The molecule has 2 aromatic carbocycles. The van der Waals surface area contributed by atoms with Crippen LogP contribution in [-0.4, -0.2) is 21.3 Å².